The molecule has 29 heavy (non-hydrogen) atoms. The van der Waals surface area contributed by atoms with E-state index in [-0.39, 0.29) is 16.8 Å². The van der Waals surface area contributed by atoms with E-state index in [2.05, 4.69) is 17.0 Å². The van der Waals surface area contributed by atoms with E-state index in [0.29, 0.717) is 11.4 Å². The van der Waals surface area contributed by atoms with Crippen LogP contribution in [0.15, 0.2) is 53.4 Å². The molecule has 0 unspecified atom stereocenters. The lowest BCUT2D eigenvalue weighted by atomic mass is 10.1. The maximum Gasteiger partial charge on any atom is 0.261 e. The second-order valence-corrected chi connectivity index (χ2v) is 8.98. The number of sulfonamides is 1. The van der Waals surface area contributed by atoms with Crippen LogP contribution in [0.5, 0.6) is 5.75 Å². The molecule has 0 fully saturated rings. The fourth-order valence-electron chi connectivity index (χ4n) is 2.69. The summed E-state index contributed by atoms with van der Waals surface area (Å²) in [7, 11) is -3.71. The smallest absolute Gasteiger partial charge is 0.261 e. The van der Waals surface area contributed by atoms with E-state index < -0.39 is 16.1 Å². The second-order valence-electron chi connectivity index (χ2n) is 7.30. The van der Waals surface area contributed by atoms with Gasteiger partial charge < -0.3 is 10.1 Å². The molecule has 2 N–H and O–H groups in total. The third-order valence-electron chi connectivity index (χ3n) is 4.27. The second kappa shape index (κ2) is 10.3. The van der Waals surface area contributed by atoms with Crippen LogP contribution in [0.4, 0.5) is 5.69 Å². The molecule has 2 rings (SSSR count). The van der Waals surface area contributed by atoms with Crippen molar-refractivity contribution in [3.05, 3.63) is 54.1 Å². The van der Waals surface area contributed by atoms with E-state index in [1.807, 2.05) is 26.0 Å². The van der Waals surface area contributed by atoms with Crippen LogP contribution in [-0.2, 0) is 21.2 Å². The number of aryl methyl sites for hydroxylation is 1. The summed E-state index contributed by atoms with van der Waals surface area (Å²) in [5.74, 6) is 0.205. The van der Waals surface area contributed by atoms with Crippen LogP contribution in [0.2, 0.25) is 0 Å². The van der Waals surface area contributed by atoms with Crippen LogP contribution >= 0.6 is 0 Å². The predicted octanol–water partition coefficient (Wildman–Crippen LogP) is 4.12. The molecule has 7 heteroatoms. The molecule has 0 aliphatic heterocycles. The van der Waals surface area contributed by atoms with Gasteiger partial charge in [-0.3, -0.25) is 9.52 Å². The molecule has 0 aliphatic carbocycles. The van der Waals surface area contributed by atoms with Crippen molar-refractivity contribution in [2.24, 2.45) is 0 Å². The van der Waals surface area contributed by atoms with Crippen LogP contribution in [0.1, 0.15) is 46.1 Å². The zero-order valence-electron chi connectivity index (χ0n) is 17.4. The minimum atomic E-state index is -3.71. The van der Waals surface area contributed by atoms with Crippen molar-refractivity contribution in [1.82, 2.24) is 5.32 Å². The molecule has 0 saturated heterocycles. The molecule has 0 radical (unpaired) electrons. The monoisotopic (exact) mass is 418 g/mol. The molecule has 0 heterocycles. The van der Waals surface area contributed by atoms with Gasteiger partial charge in [0.1, 0.15) is 5.75 Å². The zero-order chi connectivity index (χ0) is 21.4. The molecule has 0 bridgehead atoms. The number of hydrogen-bond acceptors (Lipinski definition) is 4. The third-order valence-corrected chi connectivity index (χ3v) is 5.67. The van der Waals surface area contributed by atoms with Gasteiger partial charge in [0.05, 0.1) is 4.90 Å². The average molecular weight is 419 g/mol. The lowest BCUT2D eigenvalue weighted by molar-refractivity contribution is -0.127. The fraction of sp³-hybridized carbons (Fsp3) is 0.409. The summed E-state index contributed by atoms with van der Waals surface area (Å²) in [5.41, 5.74) is 1.71. The first-order valence-corrected chi connectivity index (χ1v) is 11.4. The van der Waals surface area contributed by atoms with E-state index in [4.69, 9.17) is 4.74 Å². The molecule has 0 aliphatic rings. The first-order chi connectivity index (χ1) is 13.7. The van der Waals surface area contributed by atoms with Crippen molar-refractivity contribution in [1.29, 1.82) is 0 Å². The van der Waals surface area contributed by atoms with Crippen LogP contribution in [0, 0.1) is 0 Å². The minimum absolute atomic E-state index is 0.0212. The van der Waals surface area contributed by atoms with Gasteiger partial charge in [-0.25, -0.2) is 8.42 Å². The van der Waals surface area contributed by atoms with Crippen LogP contribution < -0.4 is 14.8 Å². The van der Waals surface area contributed by atoms with Gasteiger partial charge in [0.2, 0.25) is 0 Å². The predicted molar refractivity (Wildman–Crippen MR) is 116 cm³/mol. The summed E-state index contributed by atoms with van der Waals surface area (Å²) in [5, 5.41) is 2.77. The Hall–Kier alpha value is -2.54. The molecule has 158 valence electrons. The van der Waals surface area contributed by atoms with E-state index in [1.54, 1.807) is 31.2 Å². The standard InChI is InChI=1S/C22H30N2O4S/c1-5-6-7-18-8-10-19(11-9-18)24-29(26,27)21-14-12-20(13-15-21)28-17(4)22(25)23-16(2)3/h8-17,24H,5-7H2,1-4H3,(H,23,25)/t17-/m0/s1. The number of carbonyl (C=O) groups excluding carboxylic acids is 1. The van der Waals surface area contributed by atoms with Crippen molar-refractivity contribution < 1.29 is 17.9 Å². The molecule has 2 aromatic carbocycles. The average Bonchev–Trinajstić information content (AvgIpc) is 2.67. The lowest BCUT2D eigenvalue weighted by Crippen LogP contribution is -2.40. The number of rotatable bonds is 10. The van der Waals surface area contributed by atoms with Gasteiger partial charge in [-0.05, 0) is 75.6 Å². The van der Waals surface area contributed by atoms with Crippen molar-refractivity contribution in [3.63, 3.8) is 0 Å². The number of anilines is 1. The SMILES string of the molecule is CCCCc1ccc(NS(=O)(=O)c2ccc(O[C@@H](C)C(=O)NC(C)C)cc2)cc1. The molecule has 2 aromatic rings. The fourth-order valence-corrected chi connectivity index (χ4v) is 3.75. The summed E-state index contributed by atoms with van der Waals surface area (Å²) in [6.07, 6.45) is 2.54. The van der Waals surface area contributed by atoms with Crippen LogP contribution in [0.3, 0.4) is 0 Å². The Labute approximate surface area is 173 Å². The largest absolute Gasteiger partial charge is 0.481 e. The number of ether oxygens (including phenoxy) is 1. The van der Waals surface area contributed by atoms with Gasteiger partial charge in [0, 0.05) is 11.7 Å². The van der Waals surface area contributed by atoms with E-state index in [0.717, 1.165) is 19.3 Å². The maximum atomic E-state index is 12.6. The van der Waals surface area contributed by atoms with Gasteiger partial charge in [-0.15, -0.1) is 0 Å². The van der Waals surface area contributed by atoms with Crippen molar-refractivity contribution in [2.45, 2.75) is 64.0 Å². The Balaban J connectivity index is 2.01. The van der Waals surface area contributed by atoms with Gasteiger partial charge in [0.15, 0.2) is 6.10 Å². The quantitative estimate of drug-likeness (QED) is 0.608. The number of unbranched alkanes of at least 4 members (excludes halogenated alkanes) is 1. The molecule has 6 nitrogen and oxygen atoms in total. The molecule has 0 spiro atoms. The Morgan fingerprint density at radius 2 is 1.62 bits per heavy atom. The Morgan fingerprint density at radius 3 is 2.17 bits per heavy atom. The Bertz CT molecular complexity index is 891. The summed E-state index contributed by atoms with van der Waals surface area (Å²) in [6.45, 7) is 7.53. The molecular formula is C22H30N2O4S. The number of nitrogens with one attached hydrogen (secondary N) is 2. The highest BCUT2D eigenvalue weighted by atomic mass is 32.2. The normalized spacial score (nSPS) is 12.4. The van der Waals surface area contributed by atoms with Gasteiger partial charge in [0.25, 0.3) is 15.9 Å². The van der Waals surface area contributed by atoms with Crippen molar-refractivity contribution in [2.75, 3.05) is 4.72 Å². The van der Waals surface area contributed by atoms with Gasteiger partial charge in [-0.1, -0.05) is 25.5 Å². The van der Waals surface area contributed by atoms with Gasteiger partial charge in [-0.2, -0.15) is 0 Å². The van der Waals surface area contributed by atoms with Gasteiger partial charge >= 0.3 is 0 Å². The van der Waals surface area contributed by atoms with Crippen molar-refractivity contribution in [3.8, 4) is 5.75 Å². The van der Waals surface area contributed by atoms with Crippen molar-refractivity contribution >= 4 is 21.6 Å². The summed E-state index contributed by atoms with van der Waals surface area (Å²) < 4.78 is 33.4. The van der Waals surface area contributed by atoms with E-state index in [9.17, 15) is 13.2 Å². The highest BCUT2D eigenvalue weighted by molar-refractivity contribution is 7.92. The summed E-state index contributed by atoms with van der Waals surface area (Å²) in [4.78, 5) is 12.1. The Morgan fingerprint density at radius 1 is 1.00 bits per heavy atom. The zero-order valence-corrected chi connectivity index (χ0v) is 18.3. The highest BCUT2D eigenvalue weighted by Gasteiger charge is 2.17. The minimum Gasteiger partial charge on any atom is -0.481 e. The third kappa shape index (κ3) is 7.09. The first kappa shape index (κ1) is 22.7. The number of hydrogen-bond donors (Lipinski definition) is 2. The molecule has 0 saturated carbocycles. The lowest BCUT2D eigenvalue weighted by Gasteiger charge is -2.16. The molecular weight excluding hydrogens is 388 g/mol. The maximum absolute atomic E-state index is 12.6. The number of amides is 1. The summed E-state index contributed by atoms with van der Waals surface area (Å²) in [6, 6.07) is 13.4. The molecule has 0 aromatic heterocycles. The highest BCUT2D eigenvalue weighted by Crippen LogP contribution is 2.21. The van der Waals surface area contributed by atoms with Crippen LogP contribution in [-0.4, -0.2) is 26.5 Å². The number of benzene rings is 2. The van der Waals surface area contributed by atoms with E-state index >= 15 is 0 Å². The summed E-state index contributed by atoms with van der Waals surface area (Å²) >= 11 is 0. The van der Waals surface area contributed by atoms with E-state index in [1.165, 1.54) is 17.7 Å². The molecule has 1 atom stereocenters. The van der Waals surface area contributed by atoms with Crippen LogP contribution in [0.25, 0.3) is 0 Å². The number of carbonyl (C=O) groups is 1. The Kier molecular flexibility index (Phi) is 8.08. The first-order valence-electron chi connectivity index (χ1n) is 9.90. The topological polar surface area (TPSA) is 84.5 Å². The molecule has 1 amide bonds.